The number of aryl methyl sites for hydroxylation is 1. The van der Waals surface area contributed by atoms with Gasteiger partial charge in [-0.05, 0) is 37.0 Å². The average molecular weight is 242 g/mol. The molecule has 0 saturated heterocycles. The summed E-state index contributed by atoms with van der Waals surface area (Å²) in [5.41, 5.74) is 0.631. The van der Waals surface area contributed by atoms with Crippen LogP contribution in [0.2, 0.25) is 0 Å². The second kappa shape index (κ2) is 6.08. The van der Waals surface area contributed by atoms with Crippen LogP contribution < -0.4 is 0 Å². The number of hydrogen-bond donors (Lipinski definition) is 1. The van der Waals surface area contributed by atoms with E-state index < -0.39 is 23.4 Å². The van der Waals surface area contributed by atoms with E-state index in [1.54, 1.807) is 0 Å². The van der Waals surface area contributed by atoms with Gasteiger partial charge in [0.05, 0.1) is 0 Å². The maximum atomic E-state index is 12.8. The first-order valence-corrected chi connectivity index (χ1v) is 5.20. The van der Waals surface area contributed by atoms with Crippen LogP contribution in [0.5, 0.6) is 0 Å². The molecule has 0 bridgehead atoms. The predicted molar refractivity (Wildman–Crippen MR) is 56.6 cm³/mol. The first kappa shape index (κ1) is 13.3. The summed E-state index contributed by atoms with van der Waals surface area (Å²) in [7, 11) is 0. The molecule has 0 aromatic heterocycles. The lowest BCUT2D eigenvalue weighted by molar-refractivity contribution is -0.149. The van der Waals surface area contributed by atoms with E-state index in [9.17, 15) is 18.4 Å². The van der Waals surface area contributed by atoms with Crippen molar-refractivity contribution in [1.29, 1.82) is 0 Å². The molecular weight excluding hydrogens is 230 g/mol. The number of unbranched alkanes of at least 4 members (excludes halogenated alkanes) is 1. The van der Waals surface area contributed by atoms with E-state index in [2.05, 4.69) is 0 Å². The zero-order chi connectivity index (χ0) is 12.8. The highest BCUT2D eigenvalue weighted by Crippen LogP contribution is 2.11. The number of rotatable bonds is 6. The van der Waals surface area contributed by atoms with E-state index in [1.807, 2.05) is 0 Å². The van der Waals surface area contributed by atoms with Crippen molar-refractivity contribution in [2.75, 3.05) is 0 Å². The maximum absolute atomic E-state index is 12.8. The van der Waals surface area contributed by atoms with E-state index in [4.69, 9.17) is 5.11 Å². The summed E-state index contributed by atoms with van der Waals surface area (Å²) in [4.78, 5) is 20.9. The largest absolute Gasteiger partial charge is 0.476 e. The van der Waals surface area contributed by atoms with Crippen LogP contribution in [-0.4, -0.2) is 16.9 Å². The van der Waals surface area contributed by atoms with Crippen LogP contribution >= 0.6 is 0 Å². The summed E-state index contributed by atoms with van der Waals surface area (Å²) in [6.07, 6.45) is 1.44. The zero-order valence-electron chi connectivity index (χ0n) is 9.08. The molecule has 0 spiro atoms. The van der Waals surface area contributed by atoms with E-state index in [1.165, 1.54) is 6.07 Å². The summed E-state index contributed by atoms with van der Waals surface area (Å²) in [6, 6.07) is 3.62. The molecule has 3 nitrogen and oxygen atoms in total. The Morgan fingerprint density at radius 3 is 2.41 bits per heavy atom. The van der Waals surface area contributed by atoms with Gasteiger partial charge in [-0.15, -0.1) is 0 Å². The molecule has 5 heteroatoms. The summed E-state index contributed by atoms with van der Waals surface area (Å²) in [6.45, 7) is 0. The molecule has 1 aromatic carbocycles. The molecule has 0 amide bonds. The number of hydrogen-bond acceptors (Lipinski definition) is 2. The Morgan fingerprint density at radius 2 is 1.82 bits per heavy atom. The molecule has 0 unspecified atom stereocenters. The molecular formula is C12H12F2O3. The second-order valence-electron chi connectivity index (χ2n) is 3.68. The van der Waals surface area contributed by atoms with Crippen LogP contribution in [0, 0.1) is 11.6 Å². The summed E-state index contributed by atoms with van der Waals surface area (Å²) >= 11 is 0. The fraction of sp³-hybridized carbons (Fsp3) is 0.333. The minimum absolute atomic E-state index is 0.0288. The molecule has 0 radical (unpaired) electrons. The number of benzene rings is 1. The van der Waals surface area contributed by atoms with Crippen molar-refractivity contribution in [2.45, 2.75) is 25.7 Å². The molecule has 17 heavy (non-hydrogen) atoms. The molecule has 0 aliphatic rings. The van der Waals surface area contributed by atoms with Crippen molar-refractivity contribution in [3.05, 3.63) is 35.4 Å². The van der Waals surface area contributed by atoms with E-state index in [0.717, 1.165) is 12.1 Å². The van der Waals surface area contributed by atoms with Gasteiger partial charge >= 0.3 is 5.97 Å². The van der Waals surface area contributed by atoms with Crippen molar-refractivity contribution >= 4 is 11.8 Å². The van der Waals surface area contributed by atoms with Crippen molar-refractivity contribution in [1.82, 2.24) is 0 Å². The minimum atomic E-state index is -1.43. The van der Waals surface area contributed by atoms with Crippen LogP contribution in [0.1, 0.15) is 24.8 Å². The molecule has 1 aromatic rings. The van der Waals surface area contributed by atoms with Gasteiger partial charge in [0.15, 0.2) is 11.6 Å². The molecule has 1 rings (SSSR count). The summed E-state index contributed by atoms with van der Waals surface area (Å²) in [5.74, 6) is -4.05. The third kappa shape index (κ3) is 4.30. The van der Waals surface area contributed by atoms with Crippen LogP contribution in [0.4, 0.5) is 8.78 Å². The number of carboxylic acids is 1. The van der Waals surface area contributed by atoms with Gasteiger partial charge in [-0.3, -0.25) is 4.79 Å². The number of carboxylic acid groups (broad SMARTS) is 1. The normalized spacial score (nSPS) is 10.2. The first-order valence-electron chi connectivity index (χ1n) is 5.20. The highest BCUT2D eigenvalue weighted by atomic mass is 19.2. The number of carbonyl (C=O) groups is 2. The predicted octanol–water partition coefficient (Wildman–Crippen LogP) is 2.33. The van der Waals surface area contributed by atoms with Crippen LogP contribution in [-0.2, 0) is 16.0 Å². The lowest BCUT2D eigenvalue weighted by Gasteiger charge is -2.01. The molecule has 0 atom stereocenters. The van der Waals surface area contributed by atoms with Crippen LogP contribution in [0.15, 0.2) is 18.2 Å². The Balaban J connectivity index is 2.34. The highest BCUT2D eigenvalue weighted by Gasteiger charge is 2.10. The summed E-state index contributed by atoms with van der Waals surface area (Å²) in [5, 5.41) is 8.32. The zero-order valence-corrected chi connectivity index (χ0v) is 9.08. The molecule has 0 heterocycles. The third-order valence-electron chi connectivity index (χ3n) is 2.34. The standard InChI is InChI=1S/C12H12F2O3/c13-9-6-5-8(7-10(9)14)3-1-2-4-11(15)12(16)17/h5-7H,1-4H2,(H,16,17). The molecule has 0 aliphatic carbocycles. The van der Waals surface area contributed by atoms with Crippen molar-refractivity contribution < 1.29 is 23.5 Å². The molecule has 0 fully saturated rings. The minimum Gasteiger partial charge on any atom is -0.476 e. The van der Waals surface area contributed by atoms with Gasteiger partial charge in [-0.2, -0.15) is 0 Å². The average Bonchev–Trinajstić information content (AvgIpc) is 2.28. The van der Waals surface area contributed by atoms with Gasteiger partial charge < -0.3 is 5.11 Å². The lowest BCUT2D eigenvalue weighted by Crippen LogP contribution is -2.11. The monoisotopic (exact) mass is 242 g/mol. The van der Waals surface area contributed by atoms with Crippen molar-refractivity contribution in [3.8, 4) is 0 Å². The Morgan fingerprint density at radius 1 is 1.12 bits per heavy atom. The van der Waals surface area contributed by atoms with E-state index in [0.29, 0.717) is 24.8 Å². The SMILES string of the molecule is O=C(O)C(=O)CCCCc1ccc(F)c(F)c1. The molecule has 92 valence electrons. The van der Waals surface area contributed by atoms with Gasteiger partial charge in [0.1, 0.15) is 0 Å². The first-order chi connectivity index (χ1) is 8.00. The number of ketones is 1. The Bertz CT molecular complexity index is 430. The lowest BCUT2D eigenvalue weighted by atomic mass is 10.1. The maximum Gasteiger partial charge on any atom is 0.372 e. The van der Waals surface area contributed by atoms with Gasteiger partial charge in [0.25, 0.3) is 0 Å². The molecule has 0 aliphatic heterocycles. The van der Waals surface area contributed by atoms with Gasteiger partial charge in [0, 0.05) is 6.42 Å². The van der Waals surface area contributed by atoms with Gasteiger partial charge in [0.2, 0.25) is 5.78 Å². The number of carbonyl (C=O) groups excluding carboxylic acids is 1. The van der Waals surface area contributed by atoms with Crippen LogP contribution in [0.25, 0.3) is 0 Å². The van der Waals surface area contributed by atoms with Crippen LogP contribution in [0.3, 0.4) is 0 Å². The van der Waals surface area contributed by atoms with E-state index >= 15 is 0 Å². The Labute approximate surface area is 97.1 Å². The van der Waals surface area contributed by atoms with Gasteiger partial charge in [-0.25, -0.2) is 13.6 Å². The smallest absolute Gasteiger partial charge is 0.372 e. The highest BCUT2D eigenvalue weighted by molar-refractivity contribution is 6.32. The number of halogens is 2. The summed E-state index contributed by atoms with van der Waals surface area (Å²) < 4.78 is 25.4. The Hall–Kier alpha value is -1.78. The fourth-order valence-electron chi connectivity index (χ4n) is 1.42. The van der Waals surface area contributed by atoms with Gasteiger partial charge in [-0.1, -0.05) is 6.07 Å². The number of Topliss-reactive ketones (excluding diaryl/α,β-unsaturated/α-hetero) is 1. The third-order valence-corrected chi connectivity index (χ3v) is 2.34. The second-order valence-corrected chi connectivity index (χ2v) is 3.68. The topological polar surface area (TPSA) is 54.4 Å². The van der Waals surface area contributed by atoms with E-state index in [-0.39, 0.29) is 6.42 Å². The van der Waals surface area contributed by atoms with Crippen molar-refractivity contribution in [3.63, 3.8) is 0 Å². The van der Waals surface area contributed by atoms with Crippen molar-refractivity contribution in [2.24, 2.45) is 0 Å². The quantitative estimate of drug-likeness (QED) is 0.615. The number of aliphatic carboxylic acids is 1. The molecule has 1 N–H and O–H groups in total. The molecule has 0 saturated carbocycles. The Kier molecular flexibility index (Phi) is 4.75. The fourth-order valence-corrected chi connectivity index (χ4v) is 1.42.